The molecule has 0 radical (unpaired) electrons. The maximum atomic E-state index is 12.6. The summed E-state index contributed by atoms with van der Waals surface area (Å²) in [5.41, 5.74) is 6.38. The molecule has 0 unspecified atom stereocenters. The van der Waals surface area contributed by atoms with Gasteiger partial charge >= 0.3 is 0 Å². The maximum Gasteiger partial charge on any atom is 0.261 e. The molecule has 1 saturated carbocycles. The van der Waals surface area contributed by atoms with E-state index < -0.39 is 0 Å². The van der Waals surface area contributed by atoms with Gasteiger partial charge in [0.2, 0.25) is 0 Å². The standard InChI is InChI=1S/C19H26BrN3O2/c1-2-12-25-17-11-10-14(20)13-16(17)18(24)23-19(21)22-15-8-6-4-3-5-7-9-15/h2,10-11,13,15H,1,3-9,12H2,(H3,21,22,23,24). The fourth-order valence-corrected chi connectivity index (χ4v) is 3.29. The van der Waals surface area contributed by atoms with E-state index in [1.807, 2.05) is 6.07 Å². The molecule has 2 rings (SSSR count). The summed E-state index contributed by atoms with van der Waals surface area (Å²) in [7, 11) is 0. The summed E-state index contributed by atoms with van der Waals surface area (Å²) in [5.74, 6) is 0.331. The fourth-order valence-electron chi connectivity index (χ4n) is 2.93. The van der Waals surface area contributed by atoms with Crippen molar-refractivity contribution >= 4 is 27.8 Å². The number of nitrogens with zero attached hydrogens (tertiary/aromatic N) is 1. The number of benzene rings is 1. The molecule has 0 spiro atoms. The van der Waals surface area contributed by atoms with Gasteiger partial charge in [-0.25, -0.2) is 4.99 Å². The van der Waals surface area contributed by atoms with Gasteiger partial charge in [0.1, 0.15) is 12.4 Å². The van der Waals surface area contributed by atoms with Crippen LogP contribution < -0.4 is 15.8 Å². The lowest BCUT2D eigenvalue weighted by Crippen LogP contribution is -2.38. The molecule has 1 aliphatic rings. The number of aliphatic imine (C=N–C) groups is 1. The normalized spacial score (nSPS) is 16.6. The van der Waals surface area contributed by atoms with Crippen molar-refractivity contribution < 1.29 is 9.53 Å². The Kier molecular flexibility index (Phi) is 7.98. The molecular formula is C19H26BrN3O2. The Morgan fingerprint density at radius 3 is 2.68 bits per heavy atom. The topological polar surface area (TPSA) is 76.7 Å². The van der Waals surface area contributed by atoms with Crippen LogP contribution >= 0.6 is 15.9 Å². The molecule has 1 aromatic rings. The lowest BCUT2D eigenvalue weighted by molar-refractivity contribution is 0.0973. The SMILES string of the molecule is C=CCOc1ccc(Br)cc1C(=O)NC(N)=NC1CCCCCCC1. The summed E-state index contributed by atoms with van der Waals surface area (Å²) in [4.78, 5) is 17.1. The number of nitrogens with one attached hydrogen (secondary N) is 1. The van der Waals surface area contributed by atoms with Crippen molar-refractivity contribution in [2.75, 3.05) is 6.61 Å². The minimum atomic E-state index is -0.326. The van der Waals surface area contributed by atoms with Gasteiger partial charge in [-0.1, -0.05) is 60.7 Å². The molecule has 0 aliphatic heterocycles. The van der Waals surface area contributed by atoms with Crippen molar-refractivity contribution in [3.8, 4) is 5.75 Å². The number of nitrogens with two attached hydrogens (primary N) is 1. The molecule has 3 N–H and O–H groups in total. The number of ether oxygens (including phenoxy) is 1. The lowest BCUT2D eigenvalue weighted by atomic mass is 9.97. The van der Waals surface area contributed by atoms with Gasteiger partial charge < -0.3 is 10.5 Å². The summed E-state index contributed by atoms with van der Waals surface area (Å²) in [6.07, 6.45) is 9.83. The van der Waals surface area contributed by atoms with Crippen LogP contribution in [0.15, 0.2) is 40.3 Å². The second kappa shape index (κ2) is 10.2. The number of hydrogen-bond acceptors (Lipinski definition) is 3. The quantitative estimate of drug-likeness (QED) is 0.436. The molecule has 5 nitrogen and oxygen atoms in total. The summed E-state index contributed by atoms with van der Waals surface area (Å²) in [5, 5.41) is 2.69. The molecule has 0 atom stereocenters. The Morgan fingerprint density at radius 1 is 1.32 bits per heavy atom. The highest BCUT2D eigenvalue weighted by molar-refractivity contribution is 9.10. The van der Waals surface area contributed by atoms with E-state index in [4.69, 9.17) is 10.5 Å². The van der Waals surface area contributed by atoms with Gasteiger partial charge in [0.25, 0.3) is 5.91 Å². The number of hydrogen-bond donors (Lipinski definition) is 2. The molecule has 0 saturated heterocycles. The number of carbonyl (C=O) groups excluding carboxylic acids is 1. The lowest BCUT2D eigenvalue weighted by Gasteiger charge is -2.17. The van der Waals surface area contributed by atoms with Crippen molar-refractivity contribution in [2.24, 2.45) is 10.7 Å². The van der Waals surface area contributed by atoms with Crippen LogP contribution in [0.25, 0.3) is 0 Å². The van der Waals surface area contributed by atoms with E-state index in [0.717, 1.165) is 17.3 Å². The first-order chi connectivity index (χ1) is 12.1. The zero-order chi connectivity index (χ0) is 18.1. The first kappa shape index (κ1) is 19.5. The van der Waals surface area contributed by atoms with Gasteiger partial charge in [0.15, 0.2) is 5.96 Å². The van der Waals surface area contributed by atoms with E-state index in [9.17, 15) is 4.79 Å². The Morgan fingerprint density at radius 2 is 2.00 bits per heavy atom. The first-order valence-corrected chi connectivity index (χ1v) is 9.57. The molecule has 1 aromatic carbocycles. The number of carbonyl (C=O) groups is 1. The van der Waals surface area contributed by atoms with Crippen molar-refractivity contribution in [1.82, 2.24) is 5.32 Å². The molecule has 0 heterocycles. The van der Waals surface area contributed by atoms with E-state index in [0.29, 0.717) is 17.9 Å². The number of guanidine groups is 1. The van der Waals surface area contributed by atoms with Crippen molar-refractivity contribution in [3.63, 3.8) is 0 Å². The van der Waals surface area contributed by atoms with Crippen LogP contribution in [0.2, 0.25) is 0 Å². The number of halogens is 1. The minimum absolute atomic E-state index is 0.171. The molecule has 1 aliphatic carbocycles. The average molecular weight is 408 g/mol. The molecule has 6 heteroatoms. The van der Waals surface area contributed by atoms with Gasteiger partial charge in [-0.15, -0.1) is 0 Å². The summed E-state index contributed by atoms with van der Waals surface area (Å²) < 4.78 is 6.33. The van der Waals surface area contributed by atoms with Crippen LogP contribution in [0.1, 0.15) is 55.3 Å². The second-order valence-corrected chi connectivity index (χ2v) is 7.12. The van der Waals surface area contributed by atoms with Crippen molar-refractivity contribution in [3.05, 3.63) is 40.9 Å². The van der Waals surface area contributed by atoms with Crippen molar-refractivity contribution in [1.29, 1.82) is 0 Å². The molecule has 0 aromatic heterocycles. The van der Waals surface area contributed by atoms with Crippen LogP contribution in [0.5, 0.6) is 5.75 Å². The monoisotopic (exact) mass is 407 g/mol. The van der Waals surface area contributed by atoms with Crippen LogP contribution in [-0.2, 0) is 0 Å². The van der Waals surface area contributed by atoms with Gasteiger partial charge in [-0.05, 0) is 31.0 Å². The summed E-state index contributed by atoms with van der Waals surface area (Å²) in [6, 6.07) is 5.46. The largest absolute Gasteiger partial charge is 0.489 e. The number of amides is 1. The van der Waals surface area contributed by atoms with Crippen molar-refractivity contribution in [2.45, 2.75) is 51.0 Å². The maximum absolute atomic E-state index is 12.6. The molecule has 136 valence electrons. The van der Waals surface area contributed by atoms with E-state index in [-0.39, 0.29) is 17.9 Å². The summed E-state index contributed by atoms with van der Waals surface area (Å²) in [6.45, 7) is 3.95. The average Bonchev–Trinajstić information content (AvgIpc) is 2.56. The molecule has 1 amide bonds. The van der Waals surface area contributed by atoms with E-state index in [1.54, 1.807) is 18.2 Å². The zero-order valence-electron chi connectivity index (χ0n) is 14.5. The van der Waals surface area contributed by atoms with Crippen LogP contribution in [0.3, 0.4) is 0 Å². The van der Waals surface area contributed by atoms with Crippen LogP contribution in [0, 0.1) is 0 Å². The third-order valence-corrected chi connectivity index (χ3v) is 4.67. The smallest absolute Gasteiger partial charge is 0.261 e. The first-order valence-electron chi connectivity index (χ1n) is 8.78. The number of rotatable bonds is 5. The predicted octanol–water partition coefficient (Wildman–Crippen LogP) is 4.17. The van der Waals surface area contributed by atoms with E-state index in [2.05, 4.69) is 32.8 Å². The molecule has 25 heavy (non-hydrogen) atoms. The zero-order valence-corrected chi connectivity index (χ0v) is 16.1. The molecular weight excluding hydrogens is 382 g/mol. The second-order valence-electron chi connectivity index (χ2n) is 6.21. The van der Waals surface area contributed by atoms with Gasteiger partial charge in [0, 0.05) is 4.47 Å². The van der Waals surface area contributed by atoms with Gasteiger partial charge in [-0.3, -0.25) is 10.1 Å². The Balaban J connectivity index is 2.05. The Labute approximate surface area is 157 Å². The Bertz CT molecular complexity index is 623. The van der Waals surface area contributed by atoms with Crippen LogP contribution in [-0.4, -0.2) is 24.5 Å². The third kappa shape index (κ3) is 6.53. The predicted molar refractivity (Wildman–Crippen MR) is 105 cm³/mol. The third-order valence-electron chi connectivity index (χ3n) is 4.18. The van der Waals surface area contributed by atoms with E-state index >= 15 is 0 Å². The summed E-state index contributed by atoms with van der Waals surface area (Å²) >= 11 is 3.38. The van der Waals surface area contributed by atoms with Gasteiger partial charge in [0.05, 0.1) is 11.6 Å². The fraction of sp³-hybridized carbons (Fsp3) is 0.474. The highest BCUT2D eigenvalue weighted by Crippen LogP contribution is 2.23. The van der Waals surface area contributed by atoms with E-state index in [1.165, 1.54) is 32.1 Å². The van der Waals surface area contributed by atoms with Gasteiger partial charge in [-0.2, -0.15) is 0 Å². The molecule has 0 bridgehead atoms. The molecule has 1 fully saturated rings. The highest BCUT2D eigenvalue weighted by atomic mass is 79.9. The highest BCUT2D eigenvalue weighted by Gasteiger charge is 2.16. The minimum Gasteiger partial charge on any atom is -0.489 e. The van der Waals surface area contributed by atoms with Crippen LogP contribution in [0.4, 0.5) is 0 Å². The Hall–Kier alpha value is -1.82.